The zero-order valence-electron chi connectivity index (χ0n) is 12.1. The molecule has 110 valence electrons. The standard InChI is InChI=1S/C17H18FNO2/c1-12(2)21-17(20)13-7-9-15(10-8-13)19-11-14-5-3-4-6-16(14)18/h3-10,12,19H,11H2,1-2H3. The van der Waals surface area contributed by atoms with Crippen molar-refractivity contribution in [1.82, 2.24) is 0 Å². The van der Waals surface area contributed by atoms with Crippen molar-refractivity contribution < 1.29 is 13.9 Å². The number of anilines is 1. The van der Waals surface area contributed by atoms with Crippen molar-refractivity contribution in [3.63, 3.8) is 0 Å². The summed E-state index contributed by atoms with van der Waals surface area (Å²) >= 11 is 0. The lowest BCUT2D eigenvalue weighted by Crippen LogP contribution is -2.11. The first-order valence-corrected chi connectivity index (χ1v) is 6.84. The molecule has 0 saturated carbocycles. The number of carbonyl (C=O) groups is 1. The third kappa shape index (κ3) is 4.31. The number of hydrogen-bond donors (Lipinski definition) is 1. The van der Waals surface area contributed by atoms with Gasteiger partial charge in [0, 0.05) is 17.8 Å². The van der Waals surface area contributed by atoms with Gasteiger partial charge in [0.15, 0.2) is 0 Å². The van der Waals surface area contributed by atoms with E-state index in [0.717, 1.165) is 5.69 Å². The molecule has 0 atom stereocenters. The highest BCUT2D eigenvalue weighted by Gasteiger charge is 2.08. The molecule has 0 aliphatic rings. The monoisotopic (exact) mass is 287 g/mol. The van der Waals surface area contributed by atoms with Crippen molar-refractivity contribution in [3.05, 3.63) is 65.5 Å². The van der Waals surface area contributed by atoms with Crippen LogP contribution in [0.1, 0.15) is 29.8 Å². The minimum absolute atomic E-state index is 0.142. The van der Waals surface area contributed by atoms with Gasteiger partial charge in [0.1, 0.15) is 5.82 Å². The Hall–Kier alpha value is -2.36. The Morgan fingerprint density at radius 1 is 1.14 bits per heavy atom. The number of nitrogens with one attached hydrogen (secondary N) is 1. The minimum atomic E-state index is -0.342. The number of halogens is 1. The second-order valence-corrected chi connectivity index (χ2v) is 4.98. The smallest absolute Gasteiger partial charge is 0.338 e. The fraction of sp³-hybridized carbons (Fsp3) is 0.235. The lowest BCUT2D eigenvalue weighted by molar-refractivity contribution is 0.0378. The van der Waals surface area contributed by atoms with Gasteiger partial charge in [-0.15, -0.1) is 0 Å². The molecule has 21 heavy (non-hydrogen) atoms. The van der Waals surface area contributed by atoms with E-state index in [1.165, 1.54) is 6.07 Å². The summed E-state index contributed by atoms with van der Waals surface area (Å²) in [6.07, 6.45) is -0.142. The predicted octanol–water partition coefficient (Wildman–Crippen LogP) is 4.00. The van der Waals surface area contributed by atoms with Crippen LogP contribution in [0.4, 0.5) is 10.1 Å². The van der Waals surface area contributed by atoms with Crippen LogP contribution in [0.5, 0.6) is 0 Å². The molecule has 0 aliphatic carbocycles. The van der Waals surface area contributed by atoms with E-state index in [2.05, 4.69) is 5.32 Å². The fourth-order valence-corrected chi connectivity index (χ4v) is 1.85. The van der Waals surface area contributed by atoms with Crippen LogP contribution in [0.3, 0.4) is 0 Å². The Morgan fingerprint density at radius 3 is 2.43 bits per heavy atom. The summed E-state index contributed by atoms with van der Waals surface area (Å²) in [7, 11) is 0. The maximum Gasteiger partial charge on any atom is 0.338 e. The molecule has 2 rings (SSSR count). The number of esters is 1. The lowest BCUT2D eigenvalue weighted by Gasteiger charge is -2.10. The summed E-state index contributed by atoms with van der Waals surface area (Å²) in [4.78, 5) is 11.7. The maximum atomic E-state index is 13.5. The molecule has 0 fully saturated rings. The van der Waals surface area contributed by atoms with E-state index < -0.39 is 0 Å². The number of ether oxygens (including phenoxy) is 1. The van der Waals surface area contributed by atoms with Crippen LogP contribution < -0.4 is 5.32 Å². The molecule has 3 nitrogen and oxygen atoms in total. The normalized spacial score (nSPS) is 10.5. The van der Waals surface area contributed by atoms with Crippen molar-refractivity contribution in [2.75, 3.05) is 5.32 Å². The number of rotatable bonds is 5. The molecular weight excluding hydrogens is 269 g/mol. The van der Waals surface area contributed by atoms with E-state index in [4.69, 9.17) is 4.74 Å². The Kier molecular flexibility index (Phi) is 4.93. The molecule has 0 aliphatic heterocycles. The van der Waals surface area contributed by atoms with E-state index in [9.17, 15) is 9.18 Å². The zero-order valence-corrected chi connectivity index (χ0v) is 12.1. The summed E-state index contributed by atoms with van der Waals surface area (Å²) in [6, 6.07) is 13.6. The van der Waals surface area contributed by atoms with Gasteiger partial charge in [-0.05, 0) is 44.2 Å². The molecule has 0 spiro atoms. The average molecular weight is 287 g/mol. The van der Waals surface area contributed by atoms with Gasteiger partial charge in [0.2, 0.25) is 0 Å². The number of carbonyl (C=O) groups excluding carboxylic acids is 1. The minimum Gasteiger partial charge on any atom is -0.459 e. The highest BCUT2D eigenvalue weighted by molar-refractivity contribution is 5.89. The zero-order chi connectivity index (χ0) is 15.2. The molecule has 0 bridgehead atoms. The Balaban J connectivity index is 1.97. The quantitative estimate of drug-likeness (QED) is 0.845. The van der Waals surface area contributed by atoms with Gasteiger partial charge in [-0.2, -0.15) is 0 Å². The van der Waals surface area contributed by atoms with Crippen molar-refractivity contribution in [1.29, 1.82) is 0 Å². The van der Waals surface area contributed by atoms with Gasteiger partial charge in [0.25, 0.3) is 0 Å². The molecule has 0 aromatic heterocycles. The van der Waals surface area contributed by atoms with Gasteiger partial charge in [-0.25, -0.2) is 9.18 Å². The first-order valence-electron chi connectivity index (χ1n) is 6.84. The molecule has 4 heteroatoms. The summed E-state index contributed by atoms with van der Waals surface area (Å²) < 4.78 is 18.6. The fourth-order valence-electron chi connectivity index (χ4n) is 1.85. The molecule has 0 unspecified atom stereocenters. The Morgan fingerprint density at radius 2 is 1.81 bits per heavy atom. The molecule has 2 aromatic carbocycles. The van der Waals surface area contributed by atoms with Gasteiger partial charge < -0.3 is 10.1 Å². The second-order valence-electron chi connectivity index (χ2n) is 4.98. The van der Waals surface area contributed by atoms with E-state index in [1.54, 1.807) is 42.5 Å². The average Bonchev–Trinajstić information content (AvgIpc) is 2.46. The highest BCUT2D eigenvalue weighted by atomic mass is 19.1. The van der Waals surface area contributed by atoms with E-state index in [1.807, 2.05) is 13.8 Å². The molecule has 0 saturated heterocycles. The third-order valence-electron chi connectivity index (χ3n) is 2.90. The Labute approximate surface area is 123 Å². The van der Waals surface area contributed by atoms with Gasteiger partial charge in [-0.1, -0.05) is 18.2 Å². The molecular formula is C17H18FNO2. The summed E-state index contributed by atoms with van der Waals surface area (Å²) in [5.74, 6) is -0.576. The van der Waals surface area contributed by atoms with Crippen molar-refractivity contribution in [2.24, 2.45) is 0 Å². The highest BCUT2D eigenvalue weighted by Crippen LogP contribution is 2.14. The van der Waals surface area contributed by atoms with Crippen LogP contribution in [0.2, 0.25) is 0 Å². The number of hydrogen-bond acceptors (Lipinski definition) is 3. The van der Waals surface area contributed by atoms with Gasteiger partial charge in [-0.3, -0.25) is 0 Å². The summed E-state index contributed by atoms with van der Waals surface area (Å²) in [6.45, 7) is 4.01. The van der Waals surface area contributed by atoms with E-state index in [-0.39, 0.29) is 17.9 Å². The first kappa shape index (κ1) is 15.0. The van der Waals surface area contributed by atoms with Gasteiger partial charge in [0.05, 0.1) is 11.7 Å². The van der Waals surface area contributed by atoms with E-state index >= 15 is 0 Å². The molecule has 0 radical (unpaired) electrons. The largest absolute Gasteiger partial charge is 0.459 e. The number of benzene rings is 2. The van der Waals surface area contributed by atoms with Crippen molar-refractivity contribution in [3.8, 4) is 0 Å². The topological polar surface area (TPSA) is 38.3 Å². The molecule has 1 N–H and O–H groups in total. The van der Waals surface area contributed by atoms with E-state index in [0.29, 0.717) is 17.7 Å². The Bertz CT molecular complexity index is 608. The second kappa shape index (κ2) is 6.88. The maximum absolute atomic E-state index is 13.5. The van der Waals surface area contributed by atoms with Crippen LogP contribution in [0.15, 0.2) is 48.5 Å². The van der Waals surface area contributed by atoms with Crippen LogP contribution in [-0.2, 0) is 11.3 Å². The summed E-state index contributed by atoms with van der Waals surface area (Å²) in [5, 5.41) is 3.12. The first-order chi connectivity index (χ1) is 10.1. The van der Waals surface area contributed by atoms with Crippen LogP contribution in [-0.4, -0.2) is 12.1 Å². The lowest BCUT2D eigenvalue weighted by atomic mass is 10.2. The van der Waals surface area contributed by atoms with Crippen LogP contribution in [0.25, 0.3) is 0 Å². The predicted molar refractivity (Wildman–Crippen MR) is 80.7 cm³/mol. The van der Waals surface area contributed by atoms with Gasteiger partial charge >= 0.3 is 5.97 Å². The van der Waals surface area contributed by atoms with Crippen molar-refractivity contribution in [2.45, 2.75) is 26.5 Å². The summed E-state index contributed by atoms with van der Waals surface area (Å²) in [5.41, 5.74) is 1.92. The molecule has 0 heterocycles. The SMILES string of the molecule is CC(C)OC(=O)c1ccc(NCc2ccccc2F)cc1. The van der Waals surface area contributed by atoms with Crippen molar-refractivity contribution >= 4 is 11.7 Å². The molecule has 0 amide bonds. The third-order valence-corrected chi connectivity index (χ3v) is 2.90. The van der Waals surface area contributed by atoms with Crippen LogP contribution >= 0.6 is 0 Å². The molecule has 2 aromatic rings. The van der Waals surface area contributed by atoms with Crippen LogP contribution in [0, 0.1) is 5.82 Å².